The summed E-state index contributed by atoms with van der Waals surface area (Å²) in [4.78, 5) is 28.7. The van der Waals surface area contributed by atoms with Gasteiger partial charge in [0, 0.05) is 25.2 Å². The summed E-state index contributed by atoms with van der Waals surface area (Å²) in [5.41, 5.74) is 0.920. The maximum absolute atomic E-state index is 12.6. The quantitative estimate of drug-likeness (QED) is 0.711. The Labute approximate surface area is 160 Å². The Morgan fingerprint density at radius 3 is 2.50 bits per heavy atom. The van der Waals surface area contributed by atoms with Gasteiger partial charge in [-0.25, -0.2) is 0 Å². The molecule has 2 amide bonds. The van der Waals surface area contributed by atoms with Gasteiger partial charge in [-0.05, 0) is 43.5 Å². The first-order chi connectivity index (χ1) is 12.6. The van der Waals surface area contributed by atoms with E-state index in [4.69, 9.17) is 4.74 Å². The molecule has 26 heavy (non-hydrogen) atoms. The van der Waals surface area contributed by atoms with Crippen LogP contribution in [-0.4, -0.2) is 47.5 Å². The van der Waals surface area contributed by atoms with Crippen LogP contribution >= 0.6 is 11.8 Å². The number of rotatable bonds is 6. The van der Waals surface area contributed by atoms with E-state index in [1.165, 1.54) is 0 Å². The maximum Gasteiger partial charge on any atom is 0.238 e. The Hall–Kier alpha value is -1.69. The Bertz CT molecular complexity index is 639. The molecule has 0 radical (unpaired) electrons. The third kappa shape index (κ3) is 3.85. The number of nitrogens with zero attached hydrogens (tertiary/aromatic N) is 2. The van der Waals surface area contributed by atoms with E-state index in [2.05, 4.69) is 6.92 Å². The molecule has 2 fully saturated rings. The standard InChI is InChI=1S/C20H28N2O3S/c1-3-4-5-6-18(23)21-13-11-20(12-14-21)22(19(24)15-26-20)16-7-9-17(25-2)10-8-16/h7-10H,3-6,11-15H2,1-2H3. The number of methoxy groups -OCH3 is 1. The number of likely N-dealkylation sites (tertiary alicyclic amines) is 1. The van der Waals surface area contributed by atoms with E-state index in [0.717, 1.165) is 56.6 Å². The molecule has 1 spiro atoms. The minimum atomic E-state index is -0.216. The van der Waals surface area contributed by atoms with Gasteiger partial charge in [-0.2, -0.15) is 0 Å². The van der Waals surface area contributed by atoms with Gasteiger partial charge in [-0.1, -0.05) is 19.8 Å². The first-order valence-corrected chi connectivity index (χ1v) is 10.5. The van der Waals surface area contributed by atoms with Crippen molar-refractivity contribution in [3.05, 3.63) is 24.3 Å². The van der Waals surface area contributed by atoms with Crippen molar-refractivity contribution in [2.24, 2.45) is 0 Å². The Morgan fingerprint density at radius 2 is 1.88 bits per heavy atom. The molecule has 1 aromatic rings. The highest BCUT2D eigenvalue weighted by molar-refractivity contribution is 8.02. The van der Waals surface area contributed by atoms with Crippen LogP contribution in [0.25, 0.3) is 0 Å². The molecule has 2 aliphatic heterocycles. The maximum atomic E-state index is 12.6. The molecule has 3 rings (SSSR count). The number of unbranched alkanes of at least 4 members (excludes halogenated alkanes) is 2. The van der Waals surface area contributed by atoms with Gasteiger partial charge >= 0.3 is 0 Å². The van der Waals surface area contributed by atoms with Crippen molar-refractivity contribution < 1.29 is 14.3 Å². The molecule has 0 aromatic heterocycles. The minimum absolute atomic E-state index is 0.155. The average molecular weight is 377 g/mol. The van der Waals surface area contributed by atoms with Gasteiger partial charge in [0.05, 0.1) is 17.7 Å². The monoisotopic (exact) mass is 376 g/mol. The lowest BCUT2D eigenvalue weighted by atomic mass is 10.0. The van der Waals surface area contributed by atoms with Crippen LogP contribution in [-0.2, 0) is 9.59 Å². The summed E-state index contributed by atoms with van der Waals surface area (Å²) >= 11 is 1.73. The molecule has 2 heterocycles. The summed E-state index contributed by atoms with van der Waals surface area (Å²) < 4.78 is 5.22. The van der Waals surface area contributed by atoms with Crippen LogP contribution in [0.3, 0.4) is 0 Å². The second-order valence-corrected chi connectivity index (χ2v) is 8.34. The molecule has 2 saturated heterocycles. The number of hydrogen-bond donors (Lipinski definition) is 0. The summed E-state index contributed by atoms with van der Waals surface area (Å²) in [6.07, 6.45) is 5.52. The Morgan fingerprint density at radius 1 is 1.19 bits per heavy atom. The van der Waals surface area contributed by atoms with Crippen LogP contribution in [0.1, 0.15) is 45.4 Å². The number of carbonyl (C=O) groups excluding carboxylic acids is 2. The fourth-order valence-corrected chi connectivity index (χ4v) is 5.15. The molecule has 2 aliphatic rings. The number of ether oxygens (including phenoxy) is 1. The number of amides is 2. The van der Waals surface area contributed by atoms with Crippen molar-refractivity contribution in [2.45, 2.75) is 50.3 Å². The van der Waals surface area contributed by atoms with Crippen LogP contribution < -0.4 is 9.64 Å². The predicted octanol–water partition coefficient (Wildman–Crippen LogP) is 3.67. The van der Waals surface area contributed by atoms with Crippen molar-refractivity contribution >= 4 is 29.3 Å². The topological polar surface area (TPSA) is 49.9 Å². The predicted molar refractivity (Wildman–Crippen MR) is 106 cm³/mol. The molecule has 1 aromatic carbocycles. The van der Waals surface area contributed by atoms with Crippen molar-refractivity contribution in [3.8, 4) is 5.75 Å². The summed E-state index contributed by atoms with van der Waals surface area (Å²) in [5.74, 6) is 1.72. The van der Waals surface area contributed by atoms with Crippen LogP contribution in [0.5, 0.6) is 5.75 Å². The van der Waals surface area contributed by atoms with Gasteiger partial charge in [0.2, 0.25) is 11.8 Å². The molecule has 0 aliphatic carbocycles. The highest BCUT2D eigenvalue weighted by atomic mass is 32.2. The average Bonchev–Trinajstić information content (AvgIpc) is 2.98. The normalized spacial score (nSPS) is 19.2. The van der Waals surface area contributed by atoms with E-state index in [1.807, 2.05) is 34.1 Å². The van der Waals surface area contributed by atoms with Crippen LogP contribution in [0.15, 0.2) is 24.3 Å². The first-order valence-electron chi connectivity index (χ1n) is 9.48. The third-order valence-electron chi connectivity index (χ3n) is 5.34. The molecule has 0 saturated carbocycles. The Balaban J connectivity index is 1.67. The number of benzene rings is 1. The van der Waals surface area contributed by atoms with Gasteiger partial charge in [0.1, 0.15) is 5.75 Å². The summed E-state index contributed by atoms with van der Waals surface area (Å²) in [6, 6.07) is 7.69. The lowest BCUT2D eigenvalue weighted by Crippen LogP contribution is -2.53. The van der Waals surface area contributed by atoms with Gasteiger partial charge in [0.15, 0.2) is 0 Å². The number of thioether (sulfide) groups is 1. The van der Waals surface area contributed by atoms with E-state index in [0.29, 0.717) is 12.2 Å². The first kappa shape index (κ1) is 19.1. The third-order valence-corrected chi connectivity index (χ3v) is 6.86. The second kappa shape index (κ2) is 8.33. The van der Waals surface area contributed by atoms with Gasteiger partial charge < -0.3 is 9.64 Å². The Kier molecular flexibility index (Phi) is 6.12. The van der Waals surface area contributed by atoms with Gasteiger partial charge in [-0.3, -0.25) is 14.5 Å². The van der Waals surface area contributed by atoms with Crippen molar-refractivity contribution in [1.82, 2.24) is 4.90 Å². The lowest BCUT2D eigenvalue weighted by molar-refractivity contribution is -0.132. The SMILES string of the molecule is CCCCCC(=O)N1CCC2(CC1)SCC(=O)N2c1ccc(OC)cc1. The van der Waals surface area contributed by atoms with E-state index >= 15 is 0 Å². The van der Waals surface area contributed by atoms with E-state index < -0.39 is 0 Å². The van der Waals surface area contributed by atoms with Crippen LogP contribution in [0, 0.1) is 0 Å². The second-order valence-electron chi connectivity index (χ2n) is 7.00. The molecular weight excluding hydrogens is 348 g/mol. The number of anilines is 1. The molecule has 0 atom stereocenters. The molecular formula is C20H28N2O3S. The zero-order valence-electron chi connectivity index (χ0n) is 15.7. The zero-order valence-corrected chi connectivity index (χ0v) is 16.5. The van der Waals surface area contributed by atoms with Crippen LogP contribution in [0.2, 0.25) is 0 Å². The largest absolute Gasteiger partial charge is 0.497 e. The number of hydrogen-bond acceptors (Lipinski definition) is 4. The number of carbonyl (C=O) groups is 2. The summed E-state index contributed by atoms with van der Waals surface area (Å²) in [5, 5.41) is 0. The van der Waals surface area contributed by atoms with Crippen molar-refractivity contribution in [3.63, 3.8) is 0 Å². The highest BCUT2D eigenvalue weighted by Crippen LogP contribution is 2.47. The van der Waals surface area contributed by atoms with Crippen molar-refractivity contribution in [1.29, 1.82) is 0 Å². The van der Waals surface area contributed by atoms with E-state index in [-0.39, 0.29) is 16.7 Å². The molecule has 6 heteroatoms. The van der Waals surface area contributed by atoms with E-state index in [9.17, 15) is 9.59 Å². The minimum Gasteiger partial charge on any atom is -0.497 e. The summed E-state index contributed by atoms with van der Waals surface area (Å²) in [6.45, 7) is 3.62. The zero-order chi connectivity index (χ0) is 18.6. The van der Waals surface area contributed by atoms with Crippen LogP contribution in [0.4, 0.5) is 5.69 Å². The van der Waals surface area contributed by atoms with Crippen molar-refractivity contribution in [2.75, 3.05) is 30.9 Å². The fourth-order valence-electron chi connectivity index (χ4n) is 3.82. The summed E-state index contributed by atoms with van der Waals surface area (Å²) in [7, 11) is 1.64. The molecule has 5 nitrogen and oxygen atoms in total. The highest BCUT2D eigenvalue weighted by Gasteiger charge is 2.49. The molecule has 0 unspecified atom stereocenters. The van der Waals surface area contributed by atoms with Gasteiger partial charge in [-0.15, -0.1) is 11.8 Å². The molecule has 0 bridgehead atoms. The van der Waals surface area contributed by atoms with E-state index in [1.54, 1.807) is 18.9 Å². The lowest BCUT2D eigenvalue weighted by Gasteiger charge is -2.44. The fraction of sp³-hybridized carbons (Fsp3) is 0.600. The molecule has 0 N–H and O–H groups in total. The number of piperidine rings is 1. The molecule has 142 valence electrons. The smallest absolute Gasteiger partial charge is 0.238 e. The van der Waals surface area contributed by atoms with Gasteiger partial charge in [0.25, 0.3) is 0 Å².